The van der Waals surface area contributed by atoms with Gasteiger partial charge < -0.3 is 16.0 Å². The molecule has 2 saturated heterocycles. The molecule has 0 radical (unpaired) electrons. The third-order valence-electron chi connectivity index (χ3n) is 4.19. The number of nitrogens with zero attached hydrogens (tertiary/aromatic N) is 1. The van der Waals surface area contributed by atoms with Crippen LogP contribution in [0, 0.1) is 11.7 Å². The van der Waals surface area contributed by atoms with Crippen molar-refractivity contribution in [3.8, 4) is 0 Å². The molecule has 2 atom stereocenters. The Kier molecular flexibility index (Phi) is 3.14. The number of hydrogen-bond acceptors (Lipinski definition) is 3. The lowest BCUT2D eigenvalue weighted by Gasteiger charge is -2.37. The molecule has 0 aromatic heterocycles. The summed E-state index contributed by atoms with van der Waals surface area (Å²) in [5.74, 6) is -0.0841. The number of benzene rings is 1. The van der Waals surface area contributed by atoms with E-state index in [0.717, 1.165) is 25.1 Å². The van der Waals surface area contributed by atoms with E-state index in [1.54, 1.807) is 6.07 Å². The maximum Gasteiger partial charge on any atom is 0.225 e. The summed E-state index contributed by atoms with van der Waals surface area (Å²) in [6.07, 6.45) is 1.89. The zero-order chi connectivity index (χ0) is 13.4. The van der Waals surface area contributed by atoms with E-state index < -0.39 is 0 Å². The summed E-state index contributed by atoms with van der Waals surface area (Å²) < 4.78 is 13.8. The van der Waals surface area contributed by atoms with E-state index in [0.29, 0.717) is 12.1 Å². The highest BCUT2D eigenvalue weighted by Gasteiger charge is 2.40. The molecule has 1 aromatic rings. The topological polar surface area (TPSA) is 58.4 Å². The molecule has 19 heavy (non-hydrogen) atoms. The first kappa shape index (κ1) is 12.4. The van der Waals surface area contributed by atoms with Gasteiger partial charge >= 0.3 is 0 Å². The summed E-state index contributed by atoms with van der Waals surface area (Å²) in [5.41, 5.74) is 6.85. The molecule has 102 valence electrons. The molecular weight excluding hydrogens is 245 g/mol. The summed E-state index contributed by atoms with van der Waals surface area (Å²) in [6.45, 7) is 1.74. The molecule has 2 unspecified atom stereocenters. The van der Waals surface area contributed by atoms with Crippen LogP contribution in [-0.2, 0) is 11.3 Å². The van der Waals surface area contributed by atoms with Crippen molar-refractivity contribution >= 4 is 11.6 Å². The molecule has 2 heterocycles. The first-order valence-electron chi connectivity index (χ1n) is 6.73. The number of nitrogens with two attached hydrogens (primary N) is 1. The minimum absolute atomic E-state index is 0.0472. The van der Waals surface area contributed by atoms with Gasteiger partial charge in [-0.3, -0.25) is 4.79 Å². The number of halogens is 1. The van der Waals surface area contributed by atoms with Gasteiger partial charge in [0.25, 0.3) is 0 Å². The number of rotatable bonds is 2. The van der Waals surface area contributed by atoms with Crippen LogP contribution in [0.1, 0.15) is 18.4 Å². The van der Waals surface area contributed by atoms with Crippen molar-refractivity contribution in [3.05, 3.63) is 29.6 Å². The van der Waals surface area contributed by atoms with Crippen molar-refractivity contribution in [1.29, 1.82) is 0 Å². The Hall–Kier alpha value is -1.62. The van der Waals surface area contributed by atoms with Crippen LogP contribution in [0.5, 0.6) is 0 Å². The van der Waals surface area contributed by atoms with Gasteiger partial charge in [0.05, 0.1) is 12.0 Å². The molecule has 1 amide bonds. The smallest absolute Gasteiger partial charge is 0.225 e. The van der Waals surface area contributed by atoms with E-state index in [-0.39, 0.29) is 30.2 Å². The summed E-state index contributed by atoms with van der Waals surface area (Å²) in [4.78, 5) is 13.9. The predicted molar refractivity (Wildman–Crippen MR) is 71.2 cm³/mol. The number of carbonyl (C=O) groups is 1. The highest BCUT2D eigenvalue weighted by atomic mass is 19.1. The van der Waals surface area contributed by atoms with Crippen molar-refractivity contribution in [1.82, 2.24) is 5.32 Å². The molecule has 0 spiro atoms. The second kappa shape index (κ2) is 4.81. The van der Waals surface area contributed by atoms with Crippen molar-refractivity contribution in [3.63, 3.8) is 0 Å². The van der Waals surface area contributed by atoms with Gasteiger partial charge in [0, 0.05) is 30.9 Å². The summed E-state index contributed by atoms with van der Waals surface area (Å²) in [6, 6.07) is 5.33. The SMILES string of the molecule is NCc1ccc(N2CCCC3C(=O)NCC32)cc1F. The van der Waals surface area contributed by atoms with Crippen LogP contribution < -0.4 is 16.0 Å². The summed E-state index contributed by atoms with van der Waals surface area (Å²) in [7, 11) is 0. The molecule has 4 nitrogen and oxygen atoms in total. The number of hydrogen-bond donors (Lipinski definition) is 2. The van der Waals surface area contributed by atoms with Crippen molar-refractivity contribution in [2.24, 2.45) is 11.7 Å². The van der Waals surface area contributed by atoms with Crippen LogP contribution in [0.25, 0.3) is 0 Å². The third-order valence-corrected chi connectivity index (χ3v) is 4.19. The fraction of sp³-hybridized carbons (Fsp3) is 0.500. The Balaban J connectivity index is 1.89. The number of piperidine rings is 1. The van der Waals surface area contributed by atoms with Crippen molar-refractivity contribution in [2.75, 3.05) is 18.0 Å². The molecule has 1 aromatic carbocycles. The standard InChI is InChI=1S/C14H18FN3O/c15-12-6-10(4-3-9(12)7-16)18-5-1-2-11-13(18)8-17-14(11)19/h3-4,6,11,13H,1-2,5,7-8,16H2,(H,17,19). The number of fused-ring (bicyclic) bond motifs is 1. The molecule has 3 N–H and O–H groups in total. The van der Waals surface area contributed by atoms with Gasteiger partial charge in [-0.2, -0.15) is 0 Å². The number of amides is 1. The quantitative estimate of drug-likeness (QED) is 0.837. The molecular formula is C14H18FN3O. The highest BCUT2D eigenvalue weighted by molar-refractivity contribution is 5.83. The Morgan fingerprint density at radius 2 is 2.32 bits per heavy atom. The van der Waals surface area contributed by atoms with E-state index in [9.17, 15) is 9.18 Å². The predicted octanol–water partition coefficient (Wildman–Crippen LogP) is 0.999. The van der Waals surface area contributed by atoms with E-state index in [4.69, 9.17) is 5.73 Å². The number of anilines is 1. The van der Waals surface area contributed by atoms with E-state index in [1.807, 2.05) is 6.07 Å². The molecule has 0 bridgehead atoms. The lowest BCUT2D eigenvalue weighted by Crippen LogP contribution is -2.45. The maximum atomic E-state index is 13.8. The first-order chi connectivity index (χ1) is 9.20. The average molecular weight is 263 g/mol. The van der Waals surface area contributed by atoms with E-state index in [1.165, 1.54) is 6.07 Å². The van der Waals surface area contributed by atoms with E-state index >= 15 is 0 Å². The molecule has 0 saturated carbocycles. The molecule has 2 aliphatic heterocycles. The average Bonchev–Trinajstić information content (AvgIpc) is 2.80. The van der Waals surface area contributed by atoms with Crippen LogP contribution in [0.4, 0.5) is 10.1 Å². The Morgan fingerprint density at radius 3 is 3.05 bits per heavy atom. The Bertz CT molecular complexity index is 505. The van der Waals surface area contributed by atoms with Crippen LogP contribution in [0.3, 0.4) is 0 Å². The second-order valence-electron chi connectivity index (χ2n) is 5.23. The highest BCUT2D eigenvalue weighted by Crippen LogP contribution is 2.32. The molecule has 2 fully saturated rings. The van der Waals surface area contributed by atoms with Gasteiger partial charge in [-0.1, -0.05) is 6.07 Å². The zero-order valence-corrected chi connectivity index (χ0v) is 10.7. The monoisotopic (exact) mass is 263 g/mol. The molecule has 5 heteroatoms. The first-order valence-corrected chi connectivity index (χ1v) is 6.73. The van der Waals surface area contributed by atoms with Crippen LogP contribution in [0.2, 0.25) is 0 Å². The summed E-state index contributed by atoms with van der Waals surface area (Å²) >= 11 is 0. The Labute approximate surface area is 111 Å². The van der Waals surface area contributed by atoms with Crippen molar-refractivity contribution < 1.29 is 9.18 Å². The minimum atomic E-state index is -0.264. The summed E-state index contributed by atoms with van der Waals surface area (Å²) in [5, 5.41) is 2.90. The van der Waals surface area contributed by atoms with E-state index in [2.05, 4.69) is 10.2 Å². The van der Waals surface area contributed by atoms with Gasteiger partial charge in [-0.25, -0.2) is 4.39 Å². The third kappa shape index (κ3) is 2.08. The van der Waals surface area contributed by atoms with Gasteiger partial charge in [0.15, 0.2) is 0 Å². The normalized spacial score (nSPS) is 26.2. The van der Waals surface area contributed by atoms with Crippen molar-refractivity contribution in [2.45, 2.75) is 25.4 Å². The minimum Gasteiger partial charge on any atom is -0.366 e. The zero-order valence-electron chi connectivity index (χ0n) is 10.7. The fourth-order valence-electron chi connectivity index (χ4n) is 3.15. The maximum absolute atomic E-state index is 13.8. The van der Waals surface area contributed by atoms with Crippen LogP contribution in [-0.4, -0.2) is 25.0 Å². The number of carbonyl (C=O) groups excluding carboxylic acids is 1. The van der Waals surface area contributed by atoms with Gasteiger partial charge in [0.1, 0.15) is 5.82 Å². The van der Waals surface area contributed by atoms with Crippen LogP contribution >= 0.6 is 0 Å². The fourth-order valence-corrected chi connectivity index (χ4v) is 3.15. The van der Waals surface area contributed by atoms with Gasteiger partial charge in [0.2, 0.25) is 5.91 Å². The molecule has 3 rings (SSSR count). The largest absolute Gasteiger partial charge is 0.366 e. The Morgan fingerprint density at radius 1 is 1.47 bits per heavy atom. The lowest BCUT2D eigenvalue weighted by molar-refractivity contribution is -0.122. The molecule has 0 aliphatic carbocycles. The molecule has 2 aliphatic rings. The lowest BCUT2D eigenvalue weighted by atomic mass is 9.91. The number of nitrogens with one attached hydrogen (secondary N) is 1. The van der Waals surface area contributed by atoms with Crippen LogP contribution in [0.15, 0.2) is 18.2 Å². The second-order valence-corrected chi connectivity index (χ2v) is 5.23. The van der Waals surface area contributed by atoms with Gasteiger partial charge in [-0.05, 0) is 25.0 Å². The van der Waals surface area contributed by atoms with Gasteiger partial charge in [-0.15, -0.1) is 0 Å².